The van der Waals surface area contributed by atoms with Crippen molar-refractivity contribution in [2.45, 2.75) is 44.8 Å². The Morgan fingerprint density at radius 2 is 1.89 bits per heavy atom. The van der Waals surface area contributed by atoms with E-state index in [1.807, 2.05) is 6.92 Å². The lowest BCUT2D eigenvalue weighted by atomic mass is 10.2. The van der Waals surface area contributed by atoms with Gasteiger partial charge in [-0.1, -0.05) is 34.8 Å². The molecule has 0 spiro atoms. The first-order chi connectivity index (χ1) is 9.06. The van der Waals surface area contributed by atoms with E-state index in [0.717, 1.165) is 25.4 Å². The topological polar surface area (TPSA) is 21.3 Å². The molecule has 1 saturated carbocycles. The fraction of sp³-hybridized carbons (Fsp3) is 0.571. The van der Waals surface area contributed by atoms with Gasteiger partial charge >= 0.3 is 0 Å². The average molecular weight is 323 g/mol. The van der Waals surface area contributed by atoms with Gasteiger partial charge in [-0.2, -0.15) is 0 Å². The molecule has 1 aliphatic rings. The van der Waals surface area contributed by atoms with Gasteiger partial charge in [0.05, 0.1) is 21.2 Å². The second kappa shape index (κ2) is 7.03. The molecular formula is C14H18Cl3NO. The van der Waals surface area contributed by atoms with Crippen molar-refractivity contribution < 1.29 is 4.74 Å². The minimum Gasteiger partial charge on any atom is -0.489 e. The van der Waals surface area contributed by atoms with Crippen molar-refractivity contribution in [1.29, 1.82) is 0 Å². The van der Waals surface area contributed by atoms with Crippen LogP contribution in [-0.4, -0.2) is 18.7 Å². The Morgan fingerprint density at radius 1 is 1.21 bits per heavy atom. The number of nitrogens with one attached hydrogen (secondary N) is 1. The van der Waals surface area contributed by atoms with Gasteiger partial charge in [-0.15, -0.1) is 0 Å². The lowest BCUT2D eigenvalue weighted by molar-refractivity contribution is 0.207. The predicted octanol–water partition coefficient (Wildman–Crippen LogP) is 4.95. The number of hydrogen-bond acceptors (Lipinski definition) is 2. The van der Waals surface area contributed by atoms with Gasteiger partial charge in [0.15, 0.2) is 0 Å². The molecule has 0 bridgehead atoms. The molecule has 1 fully saturated rings. The summed E-state index contributed by atoms with van der Waals surface area (Å²) in [5.74, 6) is 0.596. The zero-order valence-electron chi connectivity index (χ0n) is 10.9. The molecule has 1 N–H and O–H groups in total. The van der Waals surface area contributed by atoms with Crippen molar-refractivity contribution in [2.75, 3.05) is 6.54 Å². The fourth-order valence-corrected chi connectivity index (χ4v) is 2.43. The Morgan fingerprint density at radius 3 is 2.58 bits per heavy atom. The van der Waals surface area contributed by atoms with Crippen molar-refractivity contribution in [2.24, 2.45) is 0 Å². The normalized spacial score (nSPS) is 16.4. The summed E-state index contributed by atoms with van der Waals surface area (Å²) in [6, 6.07) is 4.05. The number of benzene rings is 1. The summed E-state index contributed by atoms with van der Waals surface area (Å²) in [6.07, 6.45) is 4.83. The number of halogens is 3. The maximum Gasteiger partial charge on any atom is 0.139 e. The molecule has 106 valence electrons. The zero-order valence-corrected chi connectivity index (χ0v) is 13.2. The van der Waals surface area contributed by atoms with Gasteiger partial charge in [-0.05, 0) is 45.2 Å². The first-order valence-corrected chi connectivity index (χ1v) is 7.74. The molecule has 1 aromatic carbocycles. The Hall–Kier alpha value is -0.150. The minimum absolute atomic E-state index is 0.107. The molecular weight excluding hydrogens is 305 g/mol. The van der Waals surface area contributed by atoms with Crippen LogP contribution in [0, 0.1) is 0 Å². The molecule has 1 aliphatic carbocycles. The lowest BCUT2D eigenvalue weighted by Gasteiger charge is -2.16. The summed E-state index contributed by atoms with van der Waals surface area (Å²) in [6.45, 7) is 3.09. The van der Waals surface area contributed by atoms with E-state index < -0.39 is 0 Å². The summed E-state index contributed by atoms with van der Waals surface area (Å²) in [7, 11) is 0. The van der Waals surface area contributed by atoms with E-state index in [2.05, 4.69) is 5.32 Å². The van der Waals surface area contributed by atoms with Gasteiger partial charge in [0, 0.05) is 12.1 Å². The van der Waals surface area contributed by atoms with E-state index in [0.29, 0.717) is 20.8 Å². The van der Waals surface area contributed by atoms with E-state index in [9.17, 15) is 0 Å². The Bertz CT molecular complexity index is 435. The molecule has 2 nitrogen and oxygen atoms in total. The van der Waals surface area contributed by atoms with Crippen molar-refractivity contribution in [3.63, 3.8) is 0 Å². The first-order valence-electron chi connectivity index (χ1n) is 6.61. The molecule has 5 heteroatoms. The van der Waals surface area contributed by atoms with Gasteiger partial charge < -0.3 is 10.1 Å². The van der Waals surface area contributed by atoms with Crippen LogP contribution < -0.4 is 10.1 Å². The SMILES string of the molecule is CC(CCCNC1CC1)Oc1cc(Cl)c(Cl)cc1Cl. The smallest absolute Gasteiger partial charge is 0.139 e. The second-order valence-corrected chi connectivity index (χ2v) is 6.22. The predicted molar refractivity (Wildman–Crippen MR) is 81.8 cm³/mol. The second-order valence-electron chi connectivity index (χ2n) is 5.00. The minimum atomic E-state index is 0.107. The summed E-state index contributed by atoms with van der Waals surface area (Å²) >= 11 is 17.9. The molecule has 0 saturated heterocycles. The van der Waals surface area contributed by atoms with Gasteiger partial charge in [0.25, 0.3) is 0 Å². The fourth-order valence-electron chi connectivity index (χ4n) is 1.85. The third-order valence-corrected chi connectivity index (χ3v) is 4.12. The van der Waals surface area contributed by atoms with Gasteiger partial charge in [-0.25, -0.2) is 0 Å². The third-order valence-electron chi connectivity index (χ3n) is 3.10. The van der Waals surface area contributed by atoms with Crippen molar-refractivity contribution in [3.05, 3.63) is 27.2 Å². The molecule has 1 aromatic rings. The Kier molecular flexibility index (Phi) is 5.64. The number of ether oxygens (including phenoxy) is 1. The zero-order chi connectivity index (χ0) is 13.8. The molecule has 0 amide bonds. The highest BCUT2D eigenvalue weighted by Crippen LogP contribution is 2.34. The molecule has 1 atom stereocenters. The largest absolute Gasteiger partial charge is 0.489 e. The maximum atomic E-state index is 6.08. The molecule has 0 aromatic heterocycles. The molecule has 2 rings (SSSR count). The van der Waals surface area contributed by atoms with Crippen LogP contribution in [0.25, 0.3) is 0 Å². The maximum absolute atomic E-state index is 6.08. The van der Waals surface area contributed by atoms with Crippen LogP contribution in [0.5, 0.6) is 5.75 Å². The van der Waals surface area contributed by atoms with Crippen LogP contribution in [0.1, 0.15) is 32.6 Å². The van der Waals surface area contributed by atoms with Crippen molar-refractivity contribution in [3.8, 4) is 5.75 Å². The van der Waals surface area contributed by atoms with Crippen LogP contribution in [0.4, 0.5) is 0 Å². The summed E-state index contributed by atoms with van der Waals surface area (Å²) in [5, 5.41) is 4.89. The van der Waals surface area contributed by atoms with Crippen LogP contribution in [-0.2, 0) is 0 Å². The van der Waals surface area contributed by atoms with Crippen LogP contribution in [0.2, 0.25) is 15.1 Å². The lowest BCUT2D eigenvalue weighted by Crippen LogP contribution is -2.20. The standard InChI is InChI=1S/C14H18Cl3NO/c1-9(3-2-6-18-10-4-5-10)19-14-8-12(16)11(15)7-13(14)17/h7-10,18H,2-6H2,1H3. The van der Waals surface area contributed by atoms with E-state index in [1.54, 1.807) is 12.1 Å². The van der Waals surface area contributed by atoms with E-state index in [4.69, 9.17) is 39.5 Å². The van der Waals surface area contributed by atoms with E-state index >= 15 is 0 Å². The molecule has 19 heavy (non-hydrogen) atoms. The van der Waals surface area contributed by atoms with E-state index in [-0.39, 0.29) is 6.10 Å². The van der Waals surface area contributed by atoms with Crippen LogP contribution in [0.3, 0.4) is 0 Å². The van der Waals surface area contributed by atoms with Crippen molar-refractivity contribution >= 4 is 34.8 Å². The van der Waals surface area contributed by atoms with Crippen LogP contribution >= 0.6 is 34.8 Å². The molecule has 0 heterocycles. The van der Waals surface area contributed by atoms with Gasteiger partial charge in [0.2, 0.25) is 0 Å². The Labute approximate surface area is 129 Å². The summed E-state index contributed by atoms with van der Waals surface area (Å²) < 4.78 is 5.80. The van der Waals surface area contributed by atoms with Gasteiger partial charge in [-0.3, -0.25) is 0 Å². The highest BCUT2D eigenvalue weighted by molar-refractivity contribution is 6.43. The third kappa shape index (κ3) is 5.03. The highest BCUT2D eigenvalue weighted by Gasteiger charge is 2.19. The monoisotopic (exact) mass is 321 g/mol. The van der Waals surface area contributed by atoms with Crippen LogP contribution in [0.15, 0.2) is 12.1 Å². The Balaban J connectivity index is 1.77. The number of hydrogen-bond donors (Lipinski definition) is 1. The quantitative estimate of drug-likeness (QED) is 0.566. The molecule has 0 aliphatic heterocycles. The summed E-state index contributed by atoms with van der Waals surface area (Å²) in [4.78, 5) is 0. The first kappa shape index (κ1) is 15.2. The average Bonchev–Trinajstić information content (AvgIpc) is 3.16. The molecule has 0 radical (unpaired) electrons. The van der Waals surface area contributed by atoms with Crippen molar-refractivity contribution in [1.82, 2.24) is 5.32 Å². The van der Waals surface area contributed by atoms with E-state index in [1.165, 1.54) is 12.8 Å². The van der Waals surface area contributed by atoms with Gasteiger partial charge in [0.1, 0.15) is 5.75 Å². The number of rotatable bonds is 7. The molecule has 1 unspecified atom stereocenters. The highest BCUT2D eigenvalue weighted by atomic mass is 35.5. The summed E-state index contributed by atoms with van der Waals surface area (Å²) in [5.41, 5.74) is 0.